The highest BCUT2D eigenvalue weighted by Gasteiger charge is 2.11. The molecule has 0 N–H and O–H groups in total. The molecule has 1 aromatic carbocycles. The van der Waals surface area contributed by atoms with Gasteiger partial charge < -0.3 is 0 Å². The van der Waals surface area contributed by atoms with Gasteiger partial charge in [-0.1, -0.05) is 30.3 Å². The zero-order valence-electron chi connectivity index (χ0n) is 11.3. The van der Waals surface area contributed by atoms with Crippen LogP contribution >= 0.6 is 0 Å². The third-order valence-electron chi connectivity index (χ3n) is 3.08. The summed E-state index contributed by atoms with van der Waals surface area (Å²) in [6, 6.07) is 14.9. The second-order valence-electron chi connectivity index (χ2n) is 4.62. The molecule has 21 heavy (non-hydrogen) atoms. The topological polar surface area (TPSA) is 64.8 Å². The van der Waals surface area contributed by atoms with Gasteiger partial charge in [0.05, 0.1) is 16.8 Å². The van der Waals surface area contributed by atoms with E-state index in [1.807, 2.05) is 36.4 Å². The summed E-state index contributed by atoms with van der Waals surface area (Å²) in [5.41, 5.74) is 1.92. The fourth-order valence-corrected chi connectivity index (χ4v) is 2.59. The van der Waals surface area contributed by atoms with Crippen LogP contribution in [0, 0.1) is 0 Å². The minimum Gasteiger partial charge on any atom is -0.236 e. The van der Waals surface area contributed by atoms with Crippen LogP contribution < -0.4 is 0 Å². The first-order valence-corrected chi connectivity index (χ1v) is 8.21. The predicted octanol–water partition coefficient (Wildman–Crippen LogP) is 2.34. The van der Waals surface area contributed by atoms with Crippen LogP contribution in [0.1, 0.15) is 0 Å². The second-order valence-corrected chi connectivity index (χ2v) is 6.63. The zero-order chi connectivity index (χ0) is 14.9. The molecule has 0 aliphatic carbocycles. The Bertz CT molecular complexity index is 853. The second kappa shape index (κ2) is 5.14. The maximum atomic E-state index is 11.5. The van der Waals surface area contributed by atoms with E-state index in [1.54, 1.807) is 16.9 Å². The molecule has 0 aliphatic rings. The van der Waals surface area contributed by atoms with Crippen LogP contribution in [0.4, 0.5) is 0 Å². The van der Waals surface area contributed by atoms with Crippen LogP contribution in [-0.4, -0.2) is 29.4 Å². The Morgan fingerprint density at radius 3 is 2.38 bits per heavy atom. The number of sulfone groups is 1. The molecule has 2 aromatic heterocycles. The lowest BCUT2D eigenvalue weighted by molar-refractivity contribution is 0.601. The summed E-state index contributed by atoms with van der Waals surface area (Å²) in [4.78, 5) is 4.39. The first-order chi connectivity index (χ1) is 10.1. The lowest BCUT2D eigenvalue weighted by atomic mass is 10.1. The minimum atomic E-state index is -3.24. The van der Waals surface area contributed by atoms with Crippen LogP contribution in [0.15, 0.2) is 65.8 Å². The van der Waals surface area contributed by atoms with Gasteiger partial charge in [0.2, 0.25) is 0 Å². The Kier molecular flexibility index (Phi) is 3.31. The maximum absolute atomic E-state index is 11.5. The minimum absolute atomic E-state index is 0.194. The molecule has 0 amide bonds. The summed E-state index contributed by atoms with van der Waals surface area (Å²) in [5.74, 6) is 0.575. The van der Waals surface area contributed by atoms with Crippen molar-refractivity contribution in [3.05, 3.63) is 60.9 Å². The van der Waals surface area contributed by atoms with Crippen molar-refractivity contribution in [1.29, 1.82) is 0 Å². The van der Waals surface area contributed by atoms with Crippen LogP contribution in [0.5, 0.6) is 0 Å². The van der Waals surface area contributed by atoms with Crippen molar-refractivity contribution in [2.45, 2.75) is 4.90 Å². The van der Waals surface area contributed by atoms with Gasteiger partial charge in [0, 0.05) is 18.0 Å². The van der Waals surface area contributed by atoms with Crippen LogP contribution in [0.2, 0.25) is 0 Å². The predicted molar refractivity (Wildman–Crippen MR) is 79.9 cm³/mol. The molecule has 3 rings (SSSR count). The van der Waals surface area contributed by atoms with E-state index in [4.69, 9.17) is 0 Å². The standard InChI is InChI=1S/C15H13N3O2S/c1-21(19,20)13-7-8-15(16-11-13)18-14(9-10-17-18)12-5-3-2-4-6-12/h2-11H,1H3. The van der Waals surface area contributed by atoms with Gasteiger partial charge in [-0.25, -0.2) is 18.1 Å². The molecule has 2 heterocycles. The number of pyridine rings is 1. The molecule has 0 radical (unpaired) electrons. The van der Waals surface area contributed by atoms with Crippen LogP contribution in [0.25, 0.3) is 17.1 Å². The highest BCUT2D eigenvalue weighted by atomic mass is 32.2. The summed E-state index contributed by atoms with van der Waals surface area (Å²) in [6.07, 6.45) is 4.20. The van der Waals surface area contributed by atoms with Crippen molar-refractivity contribution in [2.75, 3.05) is 6.26 Å². The van der Waals surface area contributed by atoms with E-state index >= 15 is 0 Å². The Morgan fingerprint density at radius 1 is 1.00 bits per heavy atom. The van der Waals surface area contributed by atoms with E-state index in [-0.39, 0.29) is 4.90 Å². The zero-order valence-corrected chi connectivity index (χ0v) is 12.2. The van der Waals surface area contributed by atoms with Crippen molar-refractivity contribution in [3.8, 4) is 17.1 Å². The molecule has 0 unspecified atom stereocenters. The molecule has 0 spiro atoms. The molecule has 0 fully saturated rings. The molecule has 5 nitrogen and oxygen atoms in total. The summed E-state index contributed by atoms with van der Waals surface area (Å²) in [5, 5.41) is 4.26. The molecule has 6 heteroatoms. The van der Waals surface area contributed by atoms with Gasteiger partial charge in [0.25, 0.3) is 0 Å². The lowest BCUT2D eigenvalue weighted by Gasteiger charge is -2.07. The van der Waals surface area contributed by atoms with Crippen molar-refractivity contribution < 1.29 is 8.42 Å². The largest absolute Gasteiger partial charge is 0.236 e. The Balaban J connectivity index is 2.05. The molecule has 0 aliphatic heterocycles. The Morgan fingerprint density at radius 2 is 1.76 bits per heavy atom. The number of hydrogen-bond donors (Lipinski definition) is 0. The monoisotopic (exact) mass is 299 g/mol. The highest BCUT2D eigenvalue weighted by molar-refractivity contribution is 7.90. The first-order valence-electron chi connectivity index (χ1n) is 6.31. The summed E-state index contributed by atoms with van der Waals surface area (Å²) >= 11 is 0. The lowest BCUT2D eigenvalue weighted by Crippen LogP contribution is -2.04. The fourth-order valence-electron chi connectivity index (χ4n) is 2.03. The SMILES string of the molecule is CS(=O)(=O)c1ccc(-n2nccc2-c2ccccc2)nc1. The smallest absolute Gasteiger partial charge is 0.177 e. The molecular formula is C15H13N3O2S. The van der Waals surface area contributed by atoms with Crippen LogP contribution in [0.3, 0.4) is 0 Å². The summed E-state index contributed by atoms with van der Waals surface area (Å²) < 4.78 is 24.6. The van der Waals surface area contributed by atoms with Crippen molar-refractivity contribution in [1.82, 2.24) is 14.8 Å². The number of benzene rings is 1. The van der Waals surface area contributed by atoms with E-state index in [0.717, 1.165) is 17.5 Å². The maximum Gasteiger partial charge on any atom is 0.177 e. The first kappa shape index (κ1) is 13.5. The third kappa shape index (κ3) is 2.71. The van der Waals surface area contributed by atoms with Crippen molar-refractivity contribution in [2.24, 2.45) is 0 Å². The van der Waals surface area contributed by atoms with Crippen molar-refractivity contribution in [3.63, 3.8) is 0 Å². The average Bonchev–Trinajstić information content (AvgIpc) is 2.97. The van der Waals surface area contributed by atoms with Gasteiger partial charge in [-0.3, -0.25) is 0 Å². The summed E-state index contributed by atoms with van der Waals surface area (Å²) in [7, 11) is -3.24. The molecule has 0 bridgehead atoms. The highest BCUT2D eigenvalue weighted by Crippen LogP contribution is 2.21. The van der Waals surface area contributed by atoms with Gasteiger partial charge in [-0.15, -0.1) is 0 Å². The van der Waals surface area contributed by atoms with Gasteiger partial charge in [0.15, 0.2) is 15.7 Å². The number of hydrogen-bond acceptors (Lipinski definition) is 4. The molecule has 106 valence electrons. The third-order valence-corrected chi connectivity index (χ3v) is 4.18. The van der Waals surface area contributed by atoms with Gasteiger partial charge in [-0.2, -0.15) is 5.10 Å². The number of aromatic nitrogens is 3. The van der Waals surface area contributed by atoms with E-state index in [2.05, 4.69) is 10.1 Å². The molecule has 3 aromatic rings. The Labute approximate surface area is 122 Å². The van der Waals surface area contributed by atoms with Crippen LogP contribution in [-0.2, 0) is 9.84 Å². The van der Waals surface area contributed by atoms with E-state index in [0.29, 0.717) is 5.82 Å². The summed E-state index contributed by atoms with van der Waals surface area (Å²) in [6.45, 7) is 0. The molecule has 0 saturated heterocycles. The molecular weight excluding hydrogens is 286 g/mol. The van der Waals surface area contributed by atoms with Crippen molar-refractivity contribution >= 4 is 9.84 Å². The quantitative estimate of drug-likeness (QED) is 0.744. The fraction of sp³-hybridized carbons (Fsp3) is 0.0667. The average molecular weight is 299 g/mol. The molecule has 0 atom stereocenters. The van der Waals surface area contributed by atoms with E-state index < -0.39 is 9.84 Å². The van der Waals surface area contributed by atoms with Gasteiger partial charge >= 0.3 is 0 Å². The van der Waals surface area contributed by atoms with Gasteiger partial charge in [0.1, 0.15) is 0 Å². The molecule has 0 saturated carbocycles. The van der Waals surface area contributed by atoms with E-state index in [1.165, 1.54) is 12.3 Å². The van der Waals surface area contributed by atoms with Gasteiger partial charge in [-0.05, 0) is 18.2 Å². The Hall–Kier alpha value is -2.47. The van der Waals surface area contributed by atoms with E-state index in [9.17, 15) is 8.42 Å². The normalized spacial score (nSPS) is 11.5. The number of rotatable bonds is 3. The number of nitrogens with zero attached hydrogens (tertiary/aromatic N) is 3.